The van der Waals surface area contributed by atoms with Crippen molar-refractivity contribution in [2.75, 3.05) is 18.0 Å². The third kappa shape index (κ3) is 3.22. The lowest BCUT2D eigenvalue weighted by Crippen LogP contribution is -2.23. The molecule has 3 heterocycles. The molecule has 0 spiro atoms. The van der Waals surface area contributed by atoms with Crippen molar-refractivity contribution < 1.29 is 9.90 Å². The molecule has 1 aliphatic heterocycles. The van der Waals surface area contributed by atoms with E-state index in [1.54, 1.807) is 4.68 Å². The van der Waals surface area contributed by atoms with Gasteiger partial charge in [0.25, 0.3) is 0 Å². The van der Waals surface area contributed by atoms with Crippen LogP contribution in [0.25, 0.3) is 0 Å². The summed E-state index contributed by atoms with van der Waals surface area (Å²) in [4.78, 5) is 22.4. The Bertz CT molecular complexity index is 744. The van der Waals surface area contributed by atoms with E-state index < -0.39 is 5.97 Å². The van der Waals surface area contributed by atoms with E-state index in [4.69, 9.17) is 0 Å². The Kier molecular flexibility index (Phi) is 4.46. The fourth-order valence-electron chi connectivity index (χ4n) is 3.31. The third-order valence-corrected chi connectivity index (χ3v) is 4.56. The van der Waals surface area contributed by atoms with Crippen molar-refractivity contribution in [3.05, 3.63) is 29.3 Å². The molecule has 8 nitrogen and oxygen atoms in total. The van der Waals surface area contributed by atoms with E-state index in [9.17, 15) is 9.90 Å². The number of rotatable bonds is 5. The average molecular weight is 330 g/mol. The molecule has 2 atom stereocenters. The molecule has 0 radical (unpaired) electrons. The largest absolute Gasteiger partial charge is 0.481 e. The summed E-state index contributed by atoms with van der Waals surface area (Å²) in [6.45, 7) is 5.34. The molecule has 2 aromatic rings. The van der Waals surface area contributed by atoms with Crippen molar-refractivity contribution in [1.82, 2.24) is 25.0 Å². The van der Waals surface area contributed by atoms with Crippen LogP contribution in [0.3, 0.4) is 0 Å². The topological polar surface area (TPSA) is 97.0 Å². The molecular weight excluding hydrogens is 308 g/mol. The monoisotopic (exact) mass is 330 g/mol. The van der Waals surface area contributed by atoms with Gasteiger partial charge in [-0.2, -0.15) is 0 Å². The molecule has 1 saturated heterocycles. The molecule has 3 rings (SSSR count). The highest BCUT2D eigenvalue weighted by Gasteiger charge is 2.38. The van der Waals surface area contributed by atoms with Gasteiger partial charge in [-0.15, -0.1) is 5.10 Å². The molecule has 0 amide bonds. The number of anilines is 1. The summed E-state index contributed by atoms with van der Waals surface area (Å²) in [7, 11) is 1.81. The van der Waals surface area contributed by atoms with Gasteiger partial charge in [0.15, 0.2) is 0 Å². The Labute approximate surface area is 140 Å². The van der Waals surface area contributed by atoms with Gasteiger partial charge < -0.3 is 10.0 Å². The second-order valence-corrected chi connectivity index (χ2v) is 6.34. The van der Waals surface area contributed by atoms with E-state index in [0.29, 0.717) is 19.0 Å². The Balaban J connectivity index is 1.87. The summed E-state index contributed by atoms with van der Waals surface area (Å²) in [5, 5.41) is 17.4. The minimum Gasteiger partial charge on any atom is -0.481 e. The minimum atomic E-state index is -0.796. The first-order valence-corrected chi connectivity index (χ1v) is 8.13. The van der Waals surface area contributed by atoms with Crippen LogP contribution < -0.4 is 4.90 Å². The number of aromatic nitrogens is 5. The van der Waals surface area contributed by atoms with E-state index in [1.807, 2.05) is 26.4 Å². The summed E-state index contributed by atoms with van der Waals surface area (Å²) in [5.41, 5.74) is 2.93. The van der Waals surface area contributed by atoms with Crippen LogP contribution in [-0.4, -0.2) is 49.1 Å². The molecule has 128 valence electrons. The zero-order chi connectivity index (χ0) is 17.3. The van der Waals surface area contributed by atoms with Gasteiger partial charge in [-0.25, -0.2) is 9.97 Å². The highest BCUT2D eigenvalue weighted by molar-refractivity contribution is 5.67. The number of hydrogen-bond acceptors (Lipinski definition) is 6. The Morgan fingerprint density at radius 3 is 2.83 bits per heavy atom. The van der Waals surface area contributed by atoms with Crippen LogP contribution in [0, 0.1) is 12.8 Å². The SMILES string of the molecule is CCc1nc(N2C[C@H](CC(=O)O)[C@H](c3cn(C)nn3)C2)ncc1C. The van der Waals surface area contributed by atoms with Crippen molar-refractivity contribution in [3.8, 4) is 0 Å². The number of aliphatic carboxylic acids is 1. The van der Waals surface area contributed by atoms with Crippen LogP contribution in [-0.2, 0) is 18.3 Å². The molecule has 1 aliphatic rings. The maximum absolute atomic E-state index is 11.2. The first kappa shape index (κ1) is 16.4. The van der Waals surface area contributed by atoms with Gasteiger partial charge in [0.2, 0.25) is 5.95 Å². The van der Waals surface area contributed by atoms with Crippen molar-refractivity contribution >= 4 is 11.9 Å². The van der Waals surface area contributed by atoms with Crippen LogP contribution in [0.4, 0.5) is 5.95 Å². The van der Waals surface area contributed by atoms with Gasteiger partial charge in [0, 0.05) is 44.1 Å². The van der Waals surface area contributed by atoms with Crippen molar-refractivity contribution in [2.24, 2.45) is 13.0 Å². The standard InChI is InChI=1S/C16H22N6O2/c1-4-13-10(2)6-17-16(18-13)22-7-11(5-15(23)24)12(8-22)14-9-21(3)20-19-14/h6,9,11-12H,4-5,7-8H2,1-3H3,(H,23,24)/t11-,12+/m0/s1. The Morgan fingerprint density at radius 2 is 2.21 bits per heavy atom. The Morgan fingerprint density at radius 1 is 1.42 bits per heavy atom. The number of aryl methyl sites for hydroxylation is 3. The highest BCUT2D eigenvalue weighted by Crippen LogP contribution is 2.35. The van der Waals surface area contributed by atoms with E-state index in [0.717, 1.165) is 23.4 Å². The summed E-state index contributed by atoms with van der Waals surface area (Å²) >= 11 is 0. The van der Waals surface area contributed by atoms with Crippen LogP contribution in [0.5, 0.6) is 0 Å². The van der Waals surface area contributed by atoms with Gasteiger partial charge >= 0.3 is 5.97 Å². The second-order valence-electron chi connectivity index (χ2n) is 6.34. The van der Waals surface area contributed by atoms with Gasteiger partial charge in [0.05, 0.1) is 12.1 Å². The predicted octanol–water partition coefficient (Wildman–Crippen LogP) is 1.17. The second kappa shape index (κ2) is 6.54. The summed E-state index contributed by atoms with van der Waals surface area (Å²) in [6.07, 6.45) is 4.64. The first-order chi connectivity index (χ1) is 11.5. The normalized spacial score (nSPS) is 20.5. The molecule has 24 heavy (non-hydrogen) atoms. The molecule has 1 N–H and O–H groups in total. The number of carboxylic acid groups (broad SMARTS) is 1. The number of nitrogens with zero attached hydrogens (tertiary/aromatic N) is 6. The fraction of sp³-hybridized carbons (Fsp3) is 0.562. The molecule has 0 saturated carbocycles. The van der Waals surface area contributed by atoms with Crippen molar-refractivity contribution in [2.45, 2.75) is 32.6 Å². The maximum atomic E-state index is 11.2. The Hall–Kier alpha value is -2.51. The van der Waals surface area contributed by atoms with Crippen LogP contribution in [0.15, 0.2) is 12.4 Å². The summed E-state index contributed by atoms with van der Waals surface area (Å²) in [6, 6.07) is 0. The van der Waals surface area contributed by atoms with Gasteiger partial charge in [-0.3, -0.25) is 9.48 Å². The maximum Gasteiger partial charge on any atom is 0.303 e. The molecular formula is C16H22N6O2. The van der Waals surface area contributed by atoms with E-state index in [1.165, 1.54) is 0 Å². The van der Waals surface area contributed by atoms with Crippen molar-refractivity contribution in [1.29, 1.82) is 0 Å². The van der Waals surface area contributed by atoms with Gasteiger partial charge in [-0.05, 0) is 24.8 Å². The molecule has 0 bridgehead atoms. The zero-order valence-electron chi connectivity index (χ0n) is 14.2. The van der Waals surface area contributed by atoms with Gasteiger partial charge in [0.1, 0.15) is 0 Å². The molecule has 1 fully saturated rings. The number of hydrogen-bond donors (Lipinski definition) is 1. The summed E-state index contributed by atoms with van der Waals surface area (Å²) < 4.78 is 1.65. The molecule has 0 aliphatic carbocycles. The van der Waals surface area contributed by atoms with E-state index in [2.05, 4.69) is 32.1 Å². The summed E-state index contributed by atoms with van der Waals surface area (Å²) in [5.74, 6) is -0.145. The third-order valence-electron chi connectivity index (χ3n) is 4.56. The predicted molar refractivity (Wildman–Crippen MR) is 87.8 cm³/mol. The number of carboxylic acids is 1. The fourth-order valence-corrected chi connectivity index (χ4v) is 3.31. The molecule has 2 aromatic heterocycles. The lowest BCUT2D eigenvalue weighted by molar-refractivity contribution is -0.138. The average Bonchev–Trinajstić information content (AvgIpc) is 3.13. The van der Waals surface area contributed by atoms with Crippen molar-refractivity contribution in [3.63, 3.8) is 0 Å². The van der Waals surface area contributed by atoms with Crippen LogP contribution >= 0.6 is 0 Å². The number of carbonyl (C=O) groups is 1. The van der Waals surface area contributed by atoms with E-state index in [-0.39, 0.29) is 18.3 Å². The quantitative estimate of drug-likeness (QED) is 0.879. The first-order valence-electron chi connectivity index (χ1n) is 8.13. The lowest BCUT2D eigenvalue weighted by Gasteiger charge is -2.17. The molecule has 0 unspecified atom stereocenters. The van der Waals surface area contributed by atoms with E-state index >= 15 is 0 Å². The molecule has 8 heteroatoms. The van der Waals surface area contributed by atoms with Gasteiger partial charge in [-0.1, -0.05) is 12.1 Å². The van der Waals surface area contributed by atoms with Crippen LogP contribution in [0.2, 0.25) is 0 Å². The smallest absolute Gasteiger partial charge is 0.303 e. The minimum absolute atomic E-state index is 0.0183. The zero-order valence-corrected chi connectivity index (χ0v) is 14.2. The molecule has 0 aromatic carbocycles. The van der Waals surface area contributed by atoms with Crippen LogP contribution in [0.1, 0.15) is 36.2 Å². The highest BCUT2D eigenvalue weighted by atomic mass is 16.4. The lowest BCUT2D eigenvalue weighted by atomic mass is 9.91.